The predicted octanol–water partition coefficient (Wildman–Crippen LogP) is 1.33. The van der Waals surface area contributed by atoms with E-state index in [2.05, 4.69) is 22.4 Å². The number of likely N-dealkylation sites (N-methyl/N-ethyl adjacent to an activating group) is 1. The molecule has 1 aliphatic rings. The molecule has 1 saturated carbocycles. The molecule has 2 nitrogen and oxygen atoms in total. The average Bonchev–Trinajstić information content (AvgIpc) is 2.88. The summed E-state index contributed by atoms with van der Waals surface area (Å²) in [5.74, 6) is 0. The number of hydrogen-bond acceptors (Lipinski definition) is 2. The first-order valence-corrected chi connectivity index (χ1v) is 4.42. The first kappa shape index (κ1) is 7.74. The highest BCUT2D eigenvalue weighted by atomic mass is 14.8. The molecular weight excluding hydrogens is 148 g/mol. The van der Waals surface area contributed by atoms with E-state index in [1.807, 2.05) is 19.4 Å². The molecule has 1 N–H and O–H groups in total. The molecule has 0 aromatic carbocycles. The van der Waals surface area contributed by atoms with E-state index in [1.165, 1.54) is 18.4 Å². The number of hydrogen-bond donors (Lipinski definition) is 1. The van der Waals surface area contributed by atoms with Crippen LogP contribution in [0, 0.1) is 0 Å². The van der Waals surface area contributed by atoms with Crippen LogP contribution >= 0.6 is 0 Å². The molecule has 0 radical (unpaired) electrons. The Morgan fingerprint density at radius 1 is 1.42 bits per heavy atom. The van der Waals surface area contributed by atoms with Gasteiger partial charge in [0.25, 0.3) is 0 Å². The van der Waals surface area contributed by atoms with Crippen LogP contribution in [0.1, 0.15) is 18.4 Å². The van der Waals surface area contributed by atoms with Gasteiger partial charge in [0.15, 0.2) is 0 Å². The second-order valence-electron chi connectivity index (χ2n) is 3.55. The normalized spacial score (nSPS) is 19.1. The van der Waals surface area contributed by atoms with Gasteiger partial charge in [-0.2, -0.15) is 0 Å². The topological polar surface area (TPSA) is 24.9 Å². The van der Waals surface area contributed by atoms with Crippen LogP contribution in [0.15, 0.2) is 24.5 Å². The summed E-state index contributed by atoms with van der Waals surface area (Å²) >= 11 is 0. The molecule has 0 bridgehead atoms. The lowest BCUT2D eigenvalue weighted by molar-refractivity contribution is 0.623. The molecule has 0 amide bonds. The maximum atomic E-state index is 4.03. The minimum Gasteiger partial charge on any atom is -0.319 e. The molecule has 2 rings (SSSR count). The van der Waals surface area contributed by atoms with Crippen LogP contribution in [-0.2, 0) is 5.41 Å². The molecule has 0 spiro atoms. The zero-order chi connectivity index (χ0) is 8.44. The lowest BCUT2D eigenvalue weighted by atomic mass is 9.97. The molecule has 1 heterocycles. The predicted molar refractivity (Wildman–Crippen MR) is 49.1 cm³/mol. The Kier molecular flexibility index (Phi) is 1.85. The molecule has 1 fully saturated rings. The molecule has 64 valence electrons. The third-order valence-corrected chi connectivity index (χ3v) is 2.66. The number of rotatable bonds is 3. The van der Waals surface area contributed by atoms with Crippen LogP contribution in [0.5, 0.6) is 0 Å². The van der Waals surface area contributed by atoms with E-state index in [9.17, 15) is 0 Å². The van der Waals surface area contributed by atoms with Crippen molar-refractivity contribution in [2.24, 2.45) is 0 Å². The molecule has 1 aromatic rings. The Balaban J connectivity index is 2.19. The van der Waals surface area contributed by atoms with E-state index in [1.54, 1.807) is 0 Å². The fourth-order valence-electron chi connectivity index (χ4n) is 1.76. The number of pyridine rings is 1. The molecule has 0 unspecified atom stereocenters. The number of aromatic nitrogens is 1. The van der Waals surface area contributed by atoms with Crippen LogP contribution in [-0.4, -0.2) is 18.6 Å². The van der Waals surface area contributed by atoms with E-state index in [0.717, 1.165) is 6.54 Å². The van der Waals surface area contributed by atoms with Crippen molar-refractivity contribution in [1.29, 1.82) is 0 Å². The zero-order valence-electron chi connectivity index (χ0n) is 7.38. The molecule has 1 aliphatic carbocycles. The van der Waals surface area contributed by atoms with Crippen molar-refractivity contribution >= 4 is 0 Å². The average molecular weight is 162 g/mol. The second-order valence-corrected chi connectivity index (χ2v) is 3.55. The van der Waals surface area contributed by atoms with Gasteiger partial charge in [0.1, 0.15) is 0 Å². The Bertz CT molecular complexity index is 252. The van der Waals surface area contributed by atoms with E-state index >= 15 is 0 Å². The van der Waals surface area contributed by atoms with Crippen LogP contribution in [0.4, 0.5) is 0 Å². The highest BCUT2D eigenvalue weighted by Crippen LogP contribution is 2.47. The van der Waals surface area contributed by atoms with Crippen molar-refractivity contribution in [3.63, 3.8) is 0 Å². The minimum atomic E-state index is 0.442. The third-order valence-electron chi connectivity index (χ3n) is 2.66. The Morgan fingerprint density at radius 3 is 2.58 bits per heavy atom. The summed E-state index contributed by atoms with van der Waals surface area (Å²) in [6.45, 7) is 1.09. The van der Waals surface area contributed by atoms with Gasteiger partial charge in [0, 0.05) is 24.4 Å². The van der Waals surface area contributed by atoms with Crippen LogP contribution in [0.25, 0.3) is 0 Å². The molecule has 12 heavy (non-hydrogen) atoms. The molecule has 2 heteroatoms. The maximum absolute atomic E-state index is 4.03. The SMILES string of the molecule is CNCC1(c2ccncc2)CC1. The first-order valence-electron chi connectivity index (χ1n) is 4.42. The van der Waals surface area contributed by atoms with Gasteiger partial charge in [-0.05, 0) is 37.6 Å². The minimum absolute atomic E-state index is 0.442. The standard InChI is InChI=1S/C10H14N2/c1-11-8-10(4-5-10)9-2-6-12-7-3-9/h2-3,6-7,11H,4-5,8H2,1H3. The Labute approximate surface area is 73.0 Å². The summed E-state index contributed by atoms with van der Waals surface area (Å²) in [7, 11) is 2.02. The van der Waals surface area contributed by atoms with Gasteiger partial charge in [0.2, 0.25) is 0 Å². The third kappa shape index (κ3) is 1.23. The highest BCUT2D eigenvalue weighted by Gasteiger charge is 2.43. The molecule has 0 saturated heterocycles. The largest absolute Gasteiger partial charge is 0.319 e. The second kappa shape index (κ2) is 2.87. The quantitative estimate of drug-likeness (QED) is 0.725. The van der Waals surface area contributed by atoms with Crippen molar-refractivity contribution in [2.45, 2.75) is 18.3 Å². The monoisotopic (exact) mass is 162 g/mol. The zero-order valence-corrected chi connectivity index (χ0v) is 7.38. The van der Waals surface area contributed by atoms with E-state index in [4.69, 9.17) is 0 Å². The molecule has 0 aliphatic heterocycles. The van der Waals surface area contributed by atoms with E-state index in [0.29, 0.717) is 5.41 Å². The highest BCUT2D eigenvalue weighted by molar-refractivity contribution is 5.29. The molecule has 1 aromatic heterocycles. The summed E-state index contributed by atoms with van der Waals surface area (Å²) in [4.78, 5) is 4.03. The fourth-order valence-corrected chi connectivity index (χ4v) is 1.76. The van der Waals surface area contributed by atoms with E-state index in [-0.39, 0.29) is 0 Å². The Morgan fingerprint density at radius 2 is 2.08 bits per heavy atom. The maximum Gasteiger partial charge on any atom is 0.0270 e. The van der Waals surface area contributed by atoms with Gasteiger partial charge in [-0.3, -0.25) is 4.98 Å². The van der Waals surface area contributed by atoms with Gasteiger partial charge in [-0.25, -0.2) is 0 Å². The summed E-state index contributed by atoms with van der Waals surface area (Å²) < 4.78 is 0. The van der Waals surface area contributed by atoms with Crippen LogP contribution in [0.2, 0.25) is 0 Å². The Hall–Kier alpha value is -0.890. The summed E-state index contributed by atoms with van der Waals surface area (Å²) in [5.41, 5.74) is 1.88. The number of nitrogens with zero attached hydrogens (tertiary/aromatic N) is 1. The van der Waals surface area contributed by atoms with Crippen LogP contribution in [0.3, 0.4) is 0 Å². The van der Waals surface area contributed by atoms with Crippen molar-refractivity contribution in [1.82, 2.24) is 10.3 Å². The van der Waals surface area contributed by atoms with Gasteiger partial charge >= 0.3 is 0 Å². The van der Waals surface area contributed by atoms with Gasteiger partial charge in [-0.15, -0.1) is 0 Å². The van der Waals surface area contributed by atoms with Crippen molar-refractivity contribution in [3.05, 3.63) is 30.1 Å². The molecule has 0 atom stereocenters. The first-order chi connectivity index (χ1) is 5.87. The number of nitrogens with one attached hydrogen (secondary N) is 1. The van der Waals surface area contributed by atoms with E-state index < -0.39 is 0 Å². The van der Waals surface area contributed by atoms with Gasteiger partial charge in [0.05, 0.1) is 0 Å². The summed E-state index contributed by atoms with van der Waals surface area (Å²) in [6.07, 6.45) is 6.39. The van der Waals surface area contributed by atoms with Crippen molar-refractivity contribution in [3.8, 4) is 0 Å². The lowest BCUT2D eigenvalue weighted by Crippen LogP contribution is -2.23. The smallest absolute Gasteiger partial charge is 0.0270 e. The summed E-state index contributed by atoms with van der Waals surface area (Å²) in [6, 6.07) is 4.26. The van der Waals surface area contributed by atoms with Gasteiger partial charge in [-0.1, -0.05) is 0 Å². The molecular formula is C10H14N2. The van der Waals surface area contributed by atoms with Crippen LogP contribution < -0.4 is 5.32 Å². The van der Waals surface area contributed by atoms with Crippen molar-refractivity contribution in [2.75, 3.05) is 13.6 Å². The lowest BCUT2D eigenvalue weighted by Gasteiger charge is -2.13. The van der Waals surface area contributed by atoms with Crippen molar-refractivity contribution < 1.29 is 0 Å². The summed E-state index contributed by atoms with van der Waals surface area (Å²) in [5, 5.41) is 3.25. The fraction of sp³-hybridized carbons (Fsp3) is 0.500. The van der Waals surface area contributed by atoms with Gasteiger partial charge < -0.3 is 5.32 Å².